The van der Waals surface area contributed by atoms with Crippen LogP contribution in [-0.2, 0) is 16.1 Å². The fourth-order valence-electron chi connectivity index (χ4n) is 3.60. The van der Waals surface area contributed by atoms with Gasteiger partial charge in [-0.05, 0) is 54.8 Å². The van der Waals surface area contributed by atoms with Gasteiger partial charge >= 0.3 is 5.97 Å². The van der Waals surface area contributed by atoms with Crippen LogP contribution in [0.25, 0.3) is 0 Å². The molecule has 3 aromatic carbocycles. The summed E-state index contributed by atoms with van der Waals surface area (Å²) >= 11 is 0. The van der Waals surface area contributed by atoms with Gasteiger partial charge in [0, 0.05) is 5.69 Å². The lowest BCUT2D eigenvalue weighted by Gasteiger charge is -2.13. The summed E-state index contributed by atoms with van der Waals surface area (Å²) in [5, 5.41) is 2.72. The van der Waals surface area contributed by atoms with E-state index in [1.165, 1.54) is 18.2 Å². The second kappa shape index (κ2) is 9.08. The van der Waals surface area contributed by atoms with E-state index in [9.17, 15) is 19.2 Å². The second-order valence-corrected chi connectivity index (χ2v) is 7.89. The van der Waals surface area contributed by atoms with E-state index in [4.69, 9.17) is 4.74 Å². The minimum absolute atomic E-state index is 0.0935. The maximum Gasteiger partial charge on any atom is 0.338 e. The predicted molar refractivity (Wildman–Crippen MR) is 122 cm³/mol. The van der Waals surface area contributed by atoms with Crippen molar-refractivity contribution < 1.29 is 23.9 Å². The Morgan fingerprint density at radius 3 is 2.36 bits per heavy atom. The largest absolute Gasteiger partial charge is 0.452 e. The molecule has 33 heavy (non-hydrogen) atoms. The van der Waals surface area contributed by atoms with Crippen LogP contribution in [0.4, 0.5) is 5.69 Å². The molecule has 1 aliphatic rings. The monoisotopic (exact) mass is 442 g/mol. The molecule has 0 radical (unpaired) electrons. The zero-order valence-electron chi connectivity index (χ0n) is 18.3. The number of carbonyl (C=O) groups is 4. The summed E-state index contributed by atoms with van der Waals surface area (Å²) < 4.78 is 5.12. The number of esters is 1. The third-order valence-electron chi connectivity index (χ3n) is 5.39. The second-order valence-electron chi connectivity index (χ2n) is 7.89. The molecule has 0 bridgehead atoms. The lowest BCUT2D eigenvalue weighted by atomic mass is 10.1. The number of anilines is 1. The third-order valence-corrected chi connectivity index (χ3v) is 5.39. The number of amides is 3. The number of hydrogen-bond acceptors (Lipinski definition) is 5. The number of ether oxygens (including phenoxy) is 1. The molecule has 3 amide bonds. The number of rotatable bonds is 6. The van der Waals surface area contributed by atoms with Crippen LogP contribution in [0, 0.1) is 13.8 Å². The third kappa shape index (κ3) is 4.67. The van der Waals surface area contributed by atoms with E-state index in [0.717, 1.165) is 21.6 Å². The molecule has 4 rings (SSSR count). The number of fused-ring (bicyclic) bond motifs is 1. The van der Waals surface area contributed by atoms with Gasteiger partial charge < -0.3 is 10.1 Å². The average molecular weight is 442 g/mol. The molecule has 0 aromatic heterocycles. The number of hydrogen-bond donors (Lipinski definition) is 1. The van der Waals surface area contributed by atoms with Crippen LogP contribution in [0.5, 0.6) is 0 Å². The molecule has 1 aliphatic heterocycles. The highest BCUT2D eigenvalue weighted by Gasteiger charge is 2.36. The highest BCUT2D eigenvalue weighted by molar-refractivity contribution is 6.21. The lowest BCUT2D eigenvalue weighted by Crippen LogP contribution is -2.29. The molecule has 0 fully saturated rings. The average Bonchev–Trinajstić information content (AvgIpc) is 3.05. The Morgan fingerprint density at radius 1 is 0.879 bits per heavy atom. The molecule has 3 aromatic rings. The van der Waals surface area contributed by atoms with Crippen LogP contribution in [-0.4, -0.2) is 35.2 Å². The van der Waals surface area contributed by atoms with Crippen molar-refractivity contribution in [3.63, 3.8) is 0 Å². The molecular weight excluding hydrogens is 420 g/mol. The Balaban J connectivity index is 1.41. The topological polar surface area (TPSA) is 92.8 Å². The highest BCUT2D eigenvalue weighted by atomic mass is 16.5. The molecule has 7 nitrogen and oxygen atoms in total. The van der Waals surface area contributed by atoms with Crippen LogP contribution in [0.3, 0.4) is 0 Å². The number of carbonyl (C=O) groups excluding carboxylic acids is 4. The maximum atomic E-state index is 12.8. The zero-order valence-corrected chi connectivity index (χ0v) is 18.3. The van der Waals surface area contributed by atoms with Crippen LogP contribution in [0.1, 0.15) is 47.8 Å². The first-order chi connectivity index (χ1) is 15.8. The SMILES string of the molecule is Cc1ccc(C)c(NC(=O)COC(=O)c2ccc3c(c2)C(=O)N(Cc2ccccc2)C3=O)c1. The van der Waals surface area contributed by atoms with Gasteiger partial charge in [-0.15, -0.1) is 0 Å². The van der Waals surface area contributed by atoms with Crippen molar-refractivity contribution in [2.45, 2.75) is 20.4 Å². The van der Waals surface area contributed by atoms with Gasteiger partial charge in [0.1, 0.15) is 0 Å². The molecule has 0 saturated heterocycles. The van der Waals surface area contributed by atoms with Crippen LogP contribution in [0.15, 0.2) is 66.7 Å². The van der Waals surface area contributed by atoms with Gasteiger partial charge in [0.15, 0.2) is 6.61 Å². The number of nitrogens with one attached hydrogen (secondary N) is 1. The van der Waals surface area contributed by atoms with Crippen molar-refractivity contribution in [3.8, 4) is 0 Å². The van der Waals surface area contributed by atoms with Gasteiger partial charge in [0.2, 0.25) is 0 Å². The van der Waals surface area contributed by atoms with Gasteiger partial charge in [-0.25, -0.2) is 4.79 Å². The molecule has 166 valence electrons. The lowest BCUT2D eigenvalue weighted by molar-refractivity contribution is -0.119. The van der Waals surface area contributed by atoms with Gasteiger partial charge in [0.05, 0.1) is 23.2 Å². The summed E-state index contributed by atoms with van der Waals surface area (Å²) in [5.41, 5.74) is 3.83. The van der Waals surface area contributed by atoms with Crippen molar-refractivity contribution in [2.75, 3.05) is 11.9 Å². The van der Waals surface area contributed by atoms with E-state index < -0.39 is 30.3 Å². The van der Waals surface area contributed by atoms with E-state index in [1.54, 1.807) is 0 Å². The molecule has 0 unspecified atom stereocenters. The van der Waals surface area contributed by atoms with Crippen molar-refractivity contribution in [1.82, 2.24) is 4.90 Å². The Labute approximate surface area is 191 Å². The first-order valence-electron chi connectivity index (χ1n) is 10.4. The fourth-order valence-corrected chi connectivity index (χ4v) is 3.60. The van der Waals surface area contributed by atoms with E-state index in [0.29, 0.717) is 5.69 Å². The molecule has 0 atom stereocenters. The summed E-state index contributed by atoms with van der Waals surface area (Å²) in [6, 6.07) is 19.0. The van der Waals surface area contributed by atoms with E-state index in [2.05, 4.69) is 5.32 Å². The molecule has 0 aliphatic carbocycles. The quantitative estimate of drug-likeness (QED) is 0.462. The van der Waals surface area contributed by atoms with Crippen molar-refractivity contribution in [3.05, 3.63) is 100 Å². The maximum absolute atomic E-state index is 12.8. The molecule has 0 saturated carbocycles. The Morgan fingerprint density at radius 2 is 1.61 bits per heavy atom. The van der Waals surface area contributed by atoms with E-state index in [1.807, 2.05) is 62.4 Å². The standard InChI is InChI=1S/C26H22N2O5/c1-16-8-9-17(2)22(12-16)27-23(29)15-33-26(32)19-10-11-20-21(13-19)25(31)28(24(20)30)14-18-6-4-3-5-7-18/h3-13H,14-15H2,1-2H3,(H,27,29). The first-order valence-corrected chi connectivity index (χ1v) is 10.4. The molecular formula is C26H22N2O5. The highest BCUT2D eigenvalue weighted by Crippen LogP contribution is 2.26. The van der Waals surface area contributed by atoms with Gasteiger partial charge in [-0.2, -0.15) is 0 Å². The Kier molecular flexibility index (Phi) is 6.04. The summed E-state index contributed by atoms with van der Waals surface area (Å²) in [6.45, 7) is 3.45. The van der Waals surface area contributed by atoms with Crippen molar-refractivity contribution in [2.24, 2.45) is 0 Å². The van der Waals surface area contributed by atoms with Gasteiger partial charge in [0.25, 0.3) is 17.7 Å². The predicted octanol–water partition coefficient (Wildman–Crippen LogP) is 3.90. The van der Waals surface area contributed by atoms with E-state index >= 15 is 0 Å². The van der Waals surface area contributed by atoms with Crippen LogP contribution < -0.4 is 5.32 Å². The van der Waals surface area contributed by atoms with E-state index in [-0.39, 0.29) is 23.2 Å². The van der Waals surface area contributed by atoms with Gasteiger partial charge in [-0.3, -0.25) is 19.3 Å². The summed E-state index contributed by atoms with van der Waals surface area (Å²) in [7, 11) is 0. The molecule has 1 N–H and O–H groups in total. The number of nitrogens with zero attached hydrogens (tertiary/aromatic N) is 1. The minimum atomic E-state index is -0.754. The Hall–Kier alpha value is -4.26. The number of aryl methyl sites for hydroxylation is 2. The summed E-state index contributed by atoms with van der Waals surface area (Å²) in [6.07, 6.45) is 0. The smallest absolute Gasteiger partial charge is 0.338 e. The van der Waals surface area contributed by atoms with Crippen molar-refractivity contribution in [1.29, 1.82) is 0 Å². The summed E-state index contributed by atoms with van der Waals surface area (Å²) in [4.78, 5) is 51.3. The fraction of sp³-hybridized carbons (Fsp3) is 0.154. The first kappa shape index (κ1) is 22.0. The molecule has 0 spiro atoms. The summed E-state index contributed by atoms with van der Waals surface area (Å²) in [5.74, 6) is -2.11. The zero-order chi connectivity index (χ0) is 23.5. The van der Waals surface area contributed by atoms with Crippen molar-refractivity contribution >= 4 is 29.4 Å². The molecule has 1 heterocycles. The Bertz CT molecular complexity index is 1270. The van der Waals surface area contributed by atoms with Crippen LogP contribution >= 0.6 is 0 Å². The van der Waals surface area contributed by atoms with Crippen LogP contribution in [0.2, 0.25) is 0 Å². The van der Waals surface area contributed by atoms with Gasteiger partial charge in [-0.1, -0.05) is 42.5 Å². The molecule has 7 heteroatoms. The minimum Gasteiger partial charge on any atom is -0.452 e. The number of imide groups is 1. The normalized spacial score (nSPS) is 12.5. The number of benzene rings is 3.